The third kappa shape index (κ3) is 97.8. The Labute approximate surface area is 286 Å². The Morgan fingerprint density at radius 2 is 0.523 bits per heavy atom. The number of aliphatic hydroxyl groups is 4. The van der Waals surface area contributed by atoms with Crippen molar-refractivity contribution < 1.29 is 98.4 Å². The first-order chi connectivity index (χ1) is 19.1. The molecule has 258 valence electrons. The molecule has 0 unspecified atom stereocenters. The standard InChI is InChI=1S/C10H18O4.4C5H8O2.2Ru/c11-9(12)7-5-3-1-2-4-6-8-10(13)14;4*1-4(6)3-5(2)7;;/h1-8H2,(H,11,12)(H,13,14);4*3,6H,1-2H3;;/b;4*4-3-;;. The maximum Gasteiger partial charge on any atom is 0.303 e. The molecule has 0 radical (unpaired) electrons. The molecule has 0 amide bonds. The van der Waals surface area contributed by atoms with Crippen LogP contribution in [0.5, 0.6) is 0 Å². The average Bonchev–Trinajstić information content (AvgIpc) is 2.73. The molecule has 0 bridgehead atoms. The molecule has 0 fully saturated rings. The largest absolute Gasteiger partial charge is 0.512 e. The number of carboxylic acids is 2. The van der Waals surface area contributed by atoms with Gasteiger partial charge in [0, 0.05) is 76.1 Å². The molecule has 14 heteroatoms. The van der Waals surface area contributed by atoms with Crippen LogP contribution in [0.1, 0.15) is 107 Å². The third-order valence-corrected chi connectivity index (χ3v) is 3.68. The fourth-order valence-electron chi connectivity index (χ4n) is 2.44. The summed E-state index contributed by atoms with van der Waals surface area (Å²) in [5.41, 5.74) is 0. The van der Waals surface area contributed by atoms with Gasteiger partial charge in [0.2, 0.25) is 0 Å². The number of carbonyl (C=O) groups is 6. The Morgan fingerprint density at radius 3 is 0.614 bits per heavy atom. The summed E-state index contributed by atoms with van der Waals surface area (Å²) in [4.78, 5) is 60.4. The number of aliphatic hydroxyl groups excluding tert-OH is 4. The average molecular weight is 805 g/mol. The molecule has 0 aromatic rings. The maximum atomic E-state index is 10.1. The minimum absolute atomic E-state index is 0. The Morgan fingerprint density at radius 1 is 0.364 bits per heavy atom. The van der Waals surface area contributed by atoms with Crippen LogP contribution in [0.15, 0.2) is 47.3 Å². The van der Waals surface area contributed by atoms with Crippen LogP contribution in [0.3, 0.4) is 0 Å². The van der Waals surface area contributed by atoms with Crippen LogP contribution in [0.25, 0.3) is 0 Å². The topological polar surface area (TPSA) is 224 Å². The molecule has 0 aliphatic carbocycles. The molecule has 0 spiro atoms. The van der Waals surface area contributed by atoms with Crippen molar-refractivity contribution in [1.82, 2.24) is 0 Å². The SMILES string of the molecule is CC(=O)/C=C(/C)O.CC(=O)/C=C(/C)O.CC(=O)/C=C(/C)O.CC(=O)/C=C(/C)O.O=C(O)CCCCCCCCC(=O)O.[Ru].[Ru]. The number of carbonyl (C=O) groups excluding carboxylic acids is 4. The number of carboxylic acid groups (broad SMARTS) is 2. The molecule has 6 N–H and O–H groups in total. The van der Waals surface area contributed by atoms with Crippen LogP contribution < -0.4 is 0 Å². The summed E-state index contributed by atoms with van der Waals surface area (Å²) < 4.78 is 0. The number of rotatable bonds is 13. The molecule has 0 rings (SSSR count). The fourth-order valence-corrected chi connectivity index (χ4v) is 2.44. The zero-order valence-corrected chi connectivity index (χ0v) is 30.3. The predicted octanol–water partition coefficient (Wildman–Crippen LogP) is 6.42. The van der Waals surface area contributed by atoms with Gasteiger partial charge in [-0.15, -0.1) is 0 Å². The minimum atomic E-state index is -0.740. The second kappa shape index (κ2) is 40.0. The van der Waals surface area contributed by atoms with E-state index in [2.05, 4.69) is 0 Å². The van der Waals surface area contributed by atoms with E-state index in [4.69, 9.17) is 30.6 Å². The van der Waals surface area contributed by atoms with Gasteiger partial charge in [-0.1, -0.05) is 25.7 Å². The van der Waals surface area contributed by atoms with Gasteiger partial charge in [0.25, 0.3) is 0 Å². The normalized spacial score (nSPS) is 10.5. The third-order valence-electron chi connectivity index (χ3n) is 3.68. The van der Waals surface area contributed by atoms with Crippen LogP contribution in [0, 0.1) is 0 Å². The fraction of sp³-hybridized carbons (Fsp3) is 0.533. The van der Waals surface area contributed by atoms with Crippen molar-refractivity contribution in [2.75, 3.05) is 0 Å². The second-order valence-electron chi connectivity index (χ2n) is 8.99. The molecule has 44 heavy (non-hydrogen) atoms. The van der Waals surface area contributed by atoms with E-state index in [-0.39, 0.29) is 98.0 Å². The molecule has 0 atom stereocenters. The number of unbranched alkanes of at least 4 members (excludes halogenated alkanes) is 5. The quantitative estimate of drug-likeness (QED) is 0.0514. The van der Waals surface area contributed by atoms with E-state index in [1.165, 1.54) is 79.7 Å². The van der Waals surface area contributed by atoms with Crippen molar-refractivity contribution in [2.45, 2.75) is 107 Å². The van der Waals surface area contributed by atoms with Gasteiger partial charge in [-0.2, -0.15) is 0 Å². The number of aliphatic carboxylic acids is 2. The summed E-state index contributed by atoms with van der Waals surface area (Å²) in [7, 11) is 0. The summed E-state index contributed by atoms with van der Waals surface area (Å²) >= 11 is 0. The van der Waals surface area contributed by atoms with E-state index in [1.54, 1.807) is 0 Å². The Kier molecular flexibility index (Phi) is 51.6. The molecule has 0 heterocycles. The molecular weight excluding hydrogens is 754 g/mol. The predicted molar refractivity (Wildman–Crippen MR) is 160 cm³/mol. The molecule has 0 aliphatic rings. The molecular formula is C30H50O12Ru2. The summed E-state index contributed by atoms with van der Waals surface area (Å²) in [5, 5.41) is 50.2. The van der Waals surface area contributed by atoms with Crippen LogP contribution in [0.4, 0.5) is 0 Å². The van der Waals surface area contributed by atoms with E-state index in [0.29, 0.717) is 0 Å². The van der Waals surface area contributed by atoms with Gasteiger partial charge < -0.3 is 30.6 Å². The molecule has 0 aromatic heterocycles. The zero-order valence-electron chi connectivity index (χ0n) is 26.8. The second-order valence-corrected chi connectivity index (χ2v) is 8.99. The van der Waals surface area contributed by atoms with Crippen molar-refractivity contribution in [2.24, 2.45) is 0 Å². The van der Waals surface area contributed by atoms with E-state index >= 15 is 0 Å². The minimum Gasteiger partial charge on any atom is -0.512 e. The summed E-state index contributed by atoms with van der Waals surface area (Å²) in [6.07, 6.45) is 10.5. The van der Waals surface area contributed by atoms with E-state index in [9.17, 15) is 28.8 Å². The van der Waals surface area contributed by atoms with Gasteiger partial charge >= 0.3 is 11.9 Å². The van der Waals surface area contributed by atoms with Gasteiger partial charge in [-0.25, -0.2) is 0 Å². The number of allylic oxidation sites excluding steroid dienone is 8. The van der Waals surface area contributed by atoms with E-state index < -0.39 is 11.9 Å². The van der Waals surface area contributed by atoms with Crippen LogP contribution in [-0.4, -0.2) is 65.7 Å². The van der Waals surface area contributed by atoms with Crippen molar-refractivity contribution in [3.8, 4) is 0 Å². The van der Waals surface area contributed by atoms with Gasteiger partial charge in [0.15, 0.2) is 23.1 Å². The Hall–Kier alpha value is -2.97. The first kappa shape index (κ1) is 56.8. The van der Waals surface area contributed by atoms with Crippen molar-refractivity contribution >= 4 is 35.1 Å². The van der Waals surface area contributed by atoms with Gasteiger partial charge in [0.1, 0.15) is 0 Å². The number of ketones is 4. The van der Waals surface area contributed by atoms with Crippen molar-refractivity contribution in [1.29, 1.82) is 0 Å². The van der Waals surface area contributed by atoms with Gasteiger partial charge in [0.05, 0.1) is 23.0 Å². The maximum absolute atomic E-state index is 10.1. The smallest absolute Gasteiger partial charge is 0.303 e. The van der Waals surface area contributed by atoms with Gasteiger partial charge in [-0.3, -0.25) is 28.8 Å². The zero-order chi connectivity index (χ0) is 34.3. The van der Waals surface area contributed by atoms with Crippen molar-refractivity contribution in [3.63, 3.8) is 0 Å². The van der Waals surface area contributed by atoms with Crippen LogP contribution >= 0.6 is 0 Å². The Balaban J connectivity index is -0.0000000801. The number of hydrogen-bond acceptors (Lipinski definition) is 10. The van der Waals surface area contributed by atoms with Crippen LogP contribution in [-0.2, 0) is 67.7 Å². The first-order valence-corrected chi connectivity index (χ1v) is 13.1. The van der Waals surface area contributed by atoms with Crippen molar-refractivity contribution in [3.05, 3.63) is 47.3 Å². The van der Waals surface area contributed by atoms with E-state index in [0.717, 1.165) is 38.5 Å². The Bertz CT molecular complexity index is 802. The molecule has 0 saturated heterocycles. The first-order valence-electron chi connectivity index (χ1n) is 13.1. The summed E-state index contributed by atoms with van der Waals surface area (Å²) in [6, 6.07) is 0. The molecule has 0 saturated carbocycles. The molecule has 0 aliphatic heterocycles. The van der Waals surface area contributed by atoms with Crippen LogP contribution in [0.2, 0.25) is 0 Å². The number of hydrogen-bond donors (Lipinski definition) is 6. The van der Waals surface area contributed by atoms with E-state index in [1.807, 2.05) is 0 Å². The summed E-state index contributed by atoms with van der Waals surface area (Å²) in [6.45, 7) is 11.4. The monoisotopic (exact) mass is 806 g/mol. The molecule has 0 aromatic carbocycles. The molecule has 12 nitrogen and oxygen atoms in total. The van der Waals surface area contributed by atoms with Gasteiger partial charge in [-0.05, 0) is 68.2 Å². The summed E-state index contributed by atoms with van der Waals surface area (Å²) in [5.74, 6) is -1.73.